The summed E-state index contributed by atoms with van der Waals surface area (Å²) in [7, 11) is 1.50. The van der Waals surface area contributed by atoms with E-state index in [-0.39, 0.29) is 5.91 Å². The third-order valence-electron chi connectivity index (χ3n) is 4.38. The normalized spacial score (nSPS) is 10.7. The number of methoxy groups -OCH3 is 1. The van der Waals surface area contributed by atoms with E-state index in [4.69, 9.17) is 22.8 Å². The number of ether oxygens (including phenoxy) is 1. The summed E-state index contributed by atoms with van der Waals surface area (Å²) in [6.07, 6.45) is 6.03. The highest BCUT2D eigenvalue weighted by Crippen LogP contribution is 2.32. The van der Waals surface area contributed by atoms with Crippen LogP contribution < -0.4 is 15.0 Å². The van der Waals surface area contributed by atoms with E-state index < -0.39 is 11.4 Å². The van der Waals surface area contributed by atoms with Gasteiger partial charge < -0.3 is 10.1 Å². The molecule has 0 spiro atoms. The van der Waals surface area contributed by atoms with Gasteiger partial charge in [0.25, 0.3) is 0 Å². The molecule has 2 rings (SSSR count). The fourth-order valence-electron chi connectivity index (χ4n) is 2.84. The number of benzene rings is 2. The zero-order valence-electron chi connectivity index (χ0n) is 16.2. The first kappa shape index (κ1) is 21.3. The molecule has 0 atom stereocenters. The van der Waals surface area contributed by atoms with Crippen molar-refractivity contribution in [3.8, 4) is 18.1 Å². The maximum atomic E-state index is 12.9. The Morgan fingerprint density at radius 2 is 1.89 bits per heavy atom. The fourth-order valence-corrected chi connectivity index (χ4v) is 3.09. The predicted octanol–water partition coefficient (Wildman–Crippen LogP) is 3.45. The van der Waals surface area contributed by atoms with Crippen molar-refractivity contribution >= 4 is 29.1 Å². The van der Waals surface area contributed by atoms with Crippen molar-refractivity contribution < 1.29 is 14.3 Å². The minimum atomic E-state index is -1.22. The lowest BCUT2D eigenvalue weighted by atomic mass is 9.99. The van der Waals surface area contributed by atoms with Crippen molar-refractivity contribution in [1.29, 1.82) is 0 Å². The Morgan fingerprint density at radius 1 is 1.21 bits per heavy atom. The van der Waals surface area contributed by atoms with Crippen LogP contribution in [0.15, 0.2) is 48.5 Å². The van der Waals surface area contributed by atoms with Crippen LogP contribution in [0.25, 0.3) is 0 Å². The highest BCUT2D eigenvalue weighted by Gasteiger charge is 2.38. The molecule has 6 heteroatoms. The molecule has 0 aliphatic carbocycles. The van der Waals surface area contributed by atoms with Gasteiger partial charge in [-0.2, -0.15) is 0 Å². The van der Waals surface area contributed by atoms with Crippen molar-refractivity contribution in [1.82, 2.24) is 5.32 Å². The summed E-state index contributed by atoms with van der Waals surface area (Å²) in [4.78, 5) is 26.6. The summed E-state index contributed by atoms with van der Waals surface area (Å²) in [6, 6.07) is 14.6. The lowest BCUT2D eigenvalue weighted by Crippen LogP contribution is -2.57. The van der Waals surface area contributed by atoms with Gasteiger partial charge in [0, 0.05) is 12.2 Å². The number of carbonyl (C=O) groups excluding carboxylic acids is 2. The monoisotopic (exact) mass is 398 g/mol. The van der Waals surface area contributed by atoms with Gasteiger partial charge in [0.05, 0.1) is 12.1 Å². The number of rotatable bonds is 7. The Balaban J connectivity index is 2.21. The molecule has 1 N–H and O–H groups in total. The van der Waals surface area contributed by atoms with Gasteiger partial charge in [-0.1, -0.05) is 41.9 Å². The van der Waals surface area contributed by atoms with Gasteiger partial charge in [-0.15, -0.1) is 6.42 Å². The molecule has 0 aromatic heterocycles. The van der Waals surface area contributed by atoms with Crippen LogP contribution in [-0.4, -0.2) is 31.0 Å². The summed E-state index contributed by atoms with van der Waals surface area (Å²) in [6.45, 7) is 3.71. The summed E-state index contributed by atoms with van der Waals surface area (Å²) < 4.78 is 5.14. The Labute approximate surface area is 170 Å². The van der Waals surface area contributed by atoms with Crippen molar-refractivity contribution in [3.63, 3.8) is 0 Å². The molecule has 2 aromatic rings. The first-order chi connectivity index (χ1) is 13.3. The molecule has 0 unspecified atom stereocenters. The second-order valence-corrected chi connectivity index (χ2v) is 7.06. The van der Waals surface area contributed by atoms with E-state index in [9.17, 15) is 9.59 Å². The molecule has 0 aliphatic rings. The molecule has 0 saturated heterocycles. The quantitative estimate of drug-likeness (QED) is 0.727. The van der Waals surface area contributed by atoms with E-state index in [1.807, 2.05) is 30.3 Å². The molecule has 5 nitrogen and oxygen atoms in total. The molecule has 0 saturated carbocycles. The predicted molar refractivity (Wildman–Crippen MR) is 112 cm³/mol. The lowest BCUT2D eigenvalue weighted by Gasteiger charge is -2.36. The number of nitrogens with one attached hydrogen (secondary N) is 1. The number of amides is 2. The van der Waals surface area contributed by atoms with Crippen LogP contribution >= 0.6 is 11.6 Å². The number of hydrogen-bond donors (Lipinski definition) is 1. The second-order valence-electron chi connectivity index (χ2n) is 6.65. The van der Waals surface area contributed by atoms with E-state index in [2.05, 4.69) is 11.2 Å². The summed E-state index contributed by atoms with van der Waals surface area (Å²) in [5.41, 5.74) is 0.300. The van der Waals surface area contributed by atoms with Crippen molar-refractivity contribution in [2.45, 2.75) is 25.8 Å². The van der Waals surface area contributed by atoms with E-state index in [0.717, 1.165) is 5.56 Å². The summed E-state index contributed by atoms with van der Waals surface area (Å²) in [5.74, 6) is 1.59. The first-order valence-corrected chi connectivity index (χ1v) is 9.15. The highest BCUT2D eigenvalue weighted by atomic mass is 35.5. The summed E-state index contributed by atoms with van der Waals surface area (Å²) in [5, 5.41) is 3.19. The van der Waals surface area contributed by atoms with Gasteiger partial charge in [-0.05, 0) is 50.0 Å². The minimum absolute atomic E-state index is 0.315. The Morgan fingerprint density at radius 3 is 2.46 bits per heavy atom. The van der Waals surface area contributed by atoms with Crippen LogP contribution in [0.2, 0.25) is 5.02 Å². The van der Waals surface area contributed by atoms with Gasteiger partial charge in [0.15, 0.2) is 0 Å². The second kappa shape index (κ2) is 9.29. The SMILES string of the molecule is C#CC(=O)N(c1ccc(OC)c(Cl)c1)C(C)(C)C(=O)NCCc1ccccc1. The topological polar surface area (TPSA) is 58.6 Å². The average molecular weight is 399 g/mol. The van der Waals surface area contributed by atoms with Gasteiger partial charge >= 0.3 is 5.91 Å². The molecular formula is C22H23ClN2O3. The number of halogens is 1. The molecular weight excluding hydrogens is 376 g/mol. The Kier molecular flexibility index (Phi) is 7.08. The largest absolute Gasteiger partial charge is 0.495 e. The minimum Gasteiger partial charge on any atom is -0.495 e. The standard InChI is InChI=1S/C22H23ClN2O3/c1-5-20(26)25(17-11-12-19(28-4)18(23)15-17)22(2,3)21(27)24-14-13-16-9-7-6-8-10-16/h1,6-12,15H,13-14H2,2-4H3,(H,24,27). The molecule has 146 valence electrons. The lowest BCUT2D eigenvalue weighted by molar-refractivity contribution is -0.128. The van der Waals surface area contributed by atoms with Gasteiger partial charge in [0.1, 0.15) is 11.3 Å². The number of nitrogens with zero attached hydrogens (tertiary/aromatic N) is 1. The van der Waals surface area contributed by atoms with Crippen molar-refractivity contribution in [2.75, 3.05) is 18.6 Å². The molecule has 0 radical (unpaired) electrons. The Bertz CT molecular complexity index is 888. The van der Waals surface area contributed by atoms with Crippen LogP contribution in [-0.2, 0) is 16.0 Å². The van der Waals surface area contributed by atoms with Crippen molar-refractivity contribution in [2.24, 2.45) is 0 Å². The molecule has 0 fully saturated rings. The molecule has 0 heterocycles. The number of anilines is 1. The number of terminal acetylenes is 1. The van der Waals surface area contributed by atoms with Crippen LogP contribution in [0.1, 0.15) is 19.4 Å². The zero-order chi connectivity index (χ0) is 20.7. The fraction of sp³-hybridized carbons (Fsp3) is 0.273. The van der Waals surface area contributed by atoms with Crippen LogP contribution in [0.5, 0.6) is 5.75 Å². The van der Waals surface area contributed by atoms with E-state index in [0.29, 0.717) is 29.4 Å². The van der Waals surface area contributed by atoms with E-state index in [1.165, 1.54) is 12.0 Å². The van der Waals surface area contributed by atoms with Crippen LogP contribution in [0, 0.1) is 12.3 Å². The maximum Gasteiger partial charge on any atom is 0.303 e. The highest BCUT2D eigenvalue weighted by molar-refractivity contribution is 6.32. The van der Waals surface area contributed by atoms with Gasteiger partial charge in [0.2, 0.25) is 5.91 Å². The molecule has 0 aliphatic heterocycles. The smallest absolute Gasteiger partial charge is 0.303 e. The molecule has 2 aromatic carbocycles. The molecule has 0 bridgehead atoms. The average Bonchev–Trinajstić information content (AvgIpc) is 2.68. The number of hydrogen-bond acceptors (Lipinski definition) is 3. The van der Waals surface area contributed by atoms with Gasteiger partial charge in [-0.25, -0.2) is 0 Å². The zero-order valence-corrected chi connectivity index (χ0v) is 16.9. The number of carbonyl (C=O) groups is 2. The third kappa shape index (κ3) is 4.85. The van der Waals surface area contributed by atoms with E-state index in [1.54, 1.807) is 32.0 Å². The van der Waals surface area contributed by atoms with Crippen molar-refractivity contribution in [3.05, 3.63) is 59.1 Å². The summed E-state index contributed by atoms with van der Waals surface area (Å²) >= 11 is 6.19. The van der Waals surface area contributed by atoms with Crippen LogP contribution in [0.3, 0.4) is 0 Å². The first-order valence-electron chi connectivity index (χ1n) is 8.77. The Hall–Kier alpha value is -2.97. The molecule has 2 amide bonds. The van der Waals surface area contributed by atoms with Gasteiger partial charge in [-0.3, -0.25) is 14.5 Å². The van der Waals surface area contributed by atoms with Crippen LogP contribution in [0.4, 0.5) is 5.69 Å². The van der Waals surface area contributed by atoms with E-state index >= 15 is 0 Å². The maximum absolute atomic E-state index is 12.9. The molecule has 28 heavy (non-hydrogen) atoms. The third-order valence-corrected chi connectivity index (χ3v) is 4.67.